The number of benzene rings is 1. The highest BCUT2D eigenvalue weighted by Gasteiger charge is 2.27. The molecule has 1 aliphatic heterocycles. The van der Waals surface area contributed by atoms with Crippen molar-refractivity contribution < 1.29 is 14.3 Å². The Morgan fingerprint density at radius 1 is 1.22 bits per heavy atom. The summed E-state index contributed by atoms with van der Waals surface area (Å²) in [4.78, 5) is 18.7. The van der Waals surface area contributed by atoms with Gasteiger partial charge in [0.15, 0.2) is 5.96 Å². The summed E-state index contributed by atoms with van der Waals surface area (Å²) in [5.74, 6) is 0.852. The molecule has 0 atom stereocenters. The number of esters is 1. The molecule has 27 heavy (non-hydrogen) atoms. The first-order chi connectivity index (χ1) is 12.7. The van der Waals surface area contributed by atoms with E-state index in [0.717, 1.165) is 38.4 Å². The summed E-state index contributed by atoms with van der Waals surface area (Å²) in [6.07, 6.45) is 1.63. The molecule has 0 bridgehead atoms. The summed E-state index contributed by atoms with van der Waals surface area (Å²) in [5, 5.41) is 3.33. The van der Waals surface area contributed by atoms with Crippen molar-refractivity contribution >= 4 is 35.9 Å². The van der Waals surface area contributed by atoms with Gasteiger partial charge in [0.25, 0.3) is 0 Å². The molecular weight excluding hydrogens is 457 g/mol. The maximum atomic E-state index is 11.9. The third-order valence-corrected chi connectivity index (χ3v) is 4.36. The Morgan fingerprint density at radius 2 is 1.93 bits per heavy atom. The van der Waals surface area contributed by atoms with E-state index in [1.165, 1.54) is 5.56 Å². The van der Waals surface area contributed by atoms with Crippen molar-refractivity contribution in [1.29, 1.82) is 0 Å². The minimum absolute atomic E-state index is 0. The van der Waals surface area contributed by atoms with Crippen molar-refractivity contribution in [2.75, 3.05) is 39.4 Å². The van der Waals surface area contributed by atoms with Gasteiger partial charge >= 0.3 is 5.97 Å². The fraction of sp³-hybridized carbons (Fsp3) is 0.600. The lowest BCUT2D eigenvalue weighted by atomic mass is 9.97. The lowest BCUT2D eigenvalue weighted by Crippen LogP contribution is -2.46. The largest absolute Gasteiger partial charge is 0.466 e. The smallest absolute Gasteiger partial charge is 0.309 e. The van der Waals surface area contributed by atoms with E-state index in [9.17, 15) is 4.79 Å². The van der Waals surface area contributed by atoms with Crippen LogP contribution >= 0.6 is 24.0 Å². The third-order valence-electron chi connectivity index (χ3n) is 4.36. The molecule has 1 aromatic carbocycles. The molecule has 0 saturated carbocycles. The van der Waals surface area contributed by atoms with Gasteiger partial charge in [0.05, 0.1) is 32.3 Å². The first-order valence-electron chi connectivity index (χ1n) is 9.56. The van der Waals surface area contributed by atoms with E-state index in [2.05, 4.69) is 34.3 Å². The van der Waals surface area contributed by atoms with E-state index in [1.54, 1.807) is 0 Å². The zero-order chi connectivity index (χ0) is 18.6. The third kappa shape index (κ3) is 8.47. The maximum absolute atomic E-state index is 11.9. The minimum atomic E-state index is -0.0663. The lowest BCUT2D eigenvalue weighted by Gasteiger charge is -2.33. The Balaban J connectivity index is 0.00000364. The molecule has 2 rings (SSSR count). The van der Waals surface area contributed by atoms with Crippen LogP contribution in [0.5, 0.6) is 0 Å². The SMILES string of the molecule is CCNC(=NCCOCc1ccccc1)N1CCC(C(=O)OCC)CC1.I. The van der Waals surface area contributed by atoms with Crippen LogP contribution in [0.1, 0.15) is 32.3 Å². The molecule has 0 aromatic heterocycles. The van der Waals surface area contributed by atoms with Gasteiger partial charge in [-0.05, 0) is 32.3 Å². The molecule has 0 radical (unpaired) electrons. The number of aliphatic imine (C=N–C) groups is 1. The molecule has 1 aromatic rings. The quantitative estimate of drug-likeness (QED) is 0.200. The molecule has 152 valence electrons. The van der Waals surface area contributed by atoms with E-state index in [0.29, 0.717) is 26.4 Å². The number of hydrogen-bond donors (Lipinski definition) is 1. The zero-order valence-corrected chi connectivity index (χ0v) is 18.7. The molecule has 7 heteroatoms. The van der Waals surface area contributed by atoms with E-state index in [-0.39, 0.29) is 35.9 Å². The Bertz CT molecular complexity index is 561. The van der Waals surface area contributed by atoms with Crippen LogP contribution in [0.25, 0.3) is 0 Å². The molecule has 6 nitrogen and oxygen atoms in total. The van der Waals surface area contributed by atoms with Crippen LogP contribution in [0, 0.1) is 5.92 Å². The van der Waals surface area contributed by atoms with Crippen LogP contribution < -0.4 is 5.32 Å². The van der Waals surface area contributed by atoms with Crippen LogP contribution in [-0.4, -0.2) is 56.2 Å². The van der Waals surface area contributed by atoms with Crippen molar-refractivity contribution in [2.24, 2.45) is 10.9 Å². The summed E-state index contributed by atoms with van der Waals surface area (Å²) in [7, 11) is 0. The number of rotatable bonds is 8. The van der Waals surface area contributed by atoms with E-state index in [1.807, 2.05) is 25.1 Å². The number of carbonyl (C=O) groups excluding carboxylic acids is 1. The van der Waals surface area contributed by atoms with Gasteiger partial charge in [0, 0.05) is 19.6 Å². The topological polar surface area (TPSA) is 63.2 Å². The van der Waals surface area contributed by atoms with Crippen molar-refractivity contribution in [3.63, 3.8) is 0 Å². The predicted molar refractivity (Wildman–Crippen MR) is 118 cm³/mol. The van der Waals surface area contributed by atoms with Gasteiger partial charge in [-0.2, -0.15) is 0 Å². The second-order valence-corrected chi connectivity index (χ2v) is 6.29. The molecule has 0 spiro atoms. The molecule has 1 saturated heterocycles. The van der Waals surface area contributed by atoms with Crippen molar-refractivity contribution in [3.05, 3.63) is 35.9 Å². The Morgan fingerprint density at radius 3 is 2.56 bits per heavy atom. The van der Waals surface area contributed by atoms with Gasteiger partial charge in [-0.25, -0.2) is 0 Å². The van der Waals surface area contributed by atoms with Crippen LogP contribution in [-0.2, 0) is 20.9 Å². The van der Waals surface area contributed by atoms with E-state index in [4.69, 9.17) is 9.47 Å². The summed E-state index contributed by atoms with van der Waals surface area (Å²) in [6, 6.07) is 10.1. The molecule has 1 N–H and O–H groups in total. The molecular formula is C20H32IN3O3. The first-order valence-corrected chi connectivity index (χ1v) is 9.56. The summed E-state index contributed by atoms with van der Waals surface area (Å²) >= 11 is 0. The summed E-state index contributed by atoms with van der Waals surface area (Å²) in [5.41, 5.74) is 1.17. The lowest BCUT2D eigenvalue weighted by molar-refractivity contribution is -0.149. The summed E-state index contributed by atoms with van der Waals surface area (Å²) in [6.45, 7) is 8.64. The van der Waals surface area contributed by atoms with E-state index < -0.39 is 0 Å². The number of carbonyl (C=O) groups is 1. The molecule has 0 unspecified atom stereocenters. The van der Waals surface area contributed by atoms with Crippen molar-refractivity contribution in [1.82, 2.24) is 10.2 Å². The zero-order valence-electron chi connectivity index (χ0n) is 16.4. The van der Waals surface area contributed by atoms with Gasteiger partial charge in [-0.1, -0.05) is 30.3 Å². The van der Waals surface area contributed by atoms with Crippen molar-refractivity contribution in [2.45, 2.75) is 33.3 Å². The number of guanidine groups is 1. The molecule has 1 fully saturated rings. The normalized spacial score (nSPS) is 15.2. The number of hydrogen-bond acceptors (Lipinski definition) is 4. The highest BCUT2D eigenvalue weighted by Crippen LogP contribution is 2.18. The fourth-order valence-corrected chi connectivity index (χ4v) is 2.99. The first kappa shape index (κ1) is 23.7. The van der Waals surface area contributed by atoms with Gasteiger partial charge in [-0.15, -0.1) is 24.0 Å². The number of halogens is 1. The second kappa shape index (κ2) is 13.8. The standard InChI is InChI=1S/C20H31N3O3.HI/c1-3-21-20(22-12-15-25-16-17-8-6-5-7-9-17)23-13-10-18(11-14-23)19(24)26-4-2;/h5-9,18H,3-4,10-16H2,1-2H3,(H,21,22);1H. The average Bonchev–Trinajstić information content (AvgIpc) is 2.68. The fourth-order valence-electron chi connectivity index (χ4n) is 2.99. The van der Waals surface area contributed by atoms with Gasteiger partial charge < -0.3 is 19.7 Å². The van der Waals surface area contributed by atoms with Gasteiger partial charge in [0.1, 0.15) is 0 Å². The van der Waals surface area contributed by atoms with Crippen LogP contribution in [0.3, 0.4) is 0 Å². The Labute approximate surface area is 179 Å². The number of nitrogens with one attached hydrogen (secondary N) is 1. The maximum Gasteiger partial charge on any atom is 0.309 e. The highest BCUT2D eigenvalue weighted by atomic mass is 127. The van der Waals surface area contributed by atoms with Crippen LogP contribution in [0.4, 0.5) is 0 Å². The number of nitrogens with zero attached hydrogens (tertiary/aromatic N) is 2. The number of likely N-dealkylation sites (tertiary alicyclic amines) is 1. The van der Waals surface area contributed by atoms with Crippen LogP contribution in [0.2, 0.25) is 0 Å². The predicted octanol–water partition coefficient (Wildman–Crippen LogP) is 3.06. The highest BCUT2D eigenvalue weighted by molar-refractivity contribution is 14.0. The molecule has 1 heterocycles. The Kier molecular flexibility index (Phi) is 12.1. The number of ether oxygens (including phenoxy) is 2. The van der Waals surface area contributed by atoms with E-state index >= 15 is 0 Å². The Hall–Kier alpha value is -1.35. The second-order valence-electron chi connectivity index (χ2n) is 6.29. The van der Waals surface area contributed by atoms with Gasteiger partial charge in [-0.3, -0.25) is 9.79 Å². The van der Waals surface area contributed by atoms with Gasteiger partial charge in [0.2, 0.25) is 0 Å². The monoisotopic (exact) mass is 489 g/mol. The molecule has 0 amide bonds. The van der Waals surface area contributed by atoms with Crippen molar-refractivity contribution in [3.8, 4) is 0 Å². The molecule has 0 aliphatic carbocycles. The minimum Gasteiger partial charge on any atom is -0.466 e. The average molecular weight is 489 g/mol. The number of piperidine rings is 1. The molecule has 1 aliphatic rings. The van der Waals surface area contributed by atoms with Crippen LogP contribution in [0.15, 0.2) is 35.3 Å². The summed E-state index contributed by atoms with van der Waals surface area (Å²) < 4.78 is 10.8.